The summed E-state index contributed by atoms with van der Waals surface area (Å²) in [5.41, 5.74) is 7.34. The van der Waals surface area contributed by atoms with Crippen molar-refractivity contribution in [3.05, 3.63) is 179 Å². The molecule has 8 aromatic carbocycles. The number of aryl methyl sites for hydroxylation is 2. The smallest absolute Gasteiger partial charge is 0.128 e. The maximum absolute atomic E-state index is 6.40. The summed E-state index contributed by atoms with van der Waals surface area (Å²) in [5.74, 6) is 1.67. The maximum Gasteiger partial charge on any atom is 0.128 e. The third kappa shape index (κ3) is 6.30. The molecule has 0 atom stereocenters. The number of ether oxygens (including phenoxy) is 1. The van der Waals surface area contributed by atoms with Gasteiger partial charge in [-0.15, -0.1) is 0 Å². The molecule has 0 amide bonds. The van der Waals surface area contributed by atoms with Gasteiger partial charge in [-0.25, -0.2) is 0 Å². The predicted molar refractivity (Wildman–Crippen MR) is 203 cm³/mol. The summed E-state index contributed by atoms with van der Waals surface area (Å²) < 4.78 is 6.40. The van der Waals surface area contributed by atoms with Gasteiger partial charge in [0.1, 0.15) is 11.5 Å². The van der Waals surface area contributed by atoms with Gasteiger partial charge < -0.3 is 4.74 Å². The van der Waals surface area contributed by atoms with Gasteiger partial charge >= 0.3 is 0 Å². The lowest BCUT2D eigenvalue weighted by molar-refractivity contribution is 0.484. The molecule has 0 N–H and O–H groups in total. The SMILES string of the molecule is Cc1ccc(/C=C/c2ccc3cc4cc(Oc5ccc6cc7cc(/C=C/c8ccc(C)cc8)ccc7cc6c5)ccc4cc3c2)cc1. The molecule has 0 heterocycles. The van der Waals surface area contributed by atoms with Gasteiger partial charge in [-0.3, -0.25) is 0 Å². The Morgan fingerprint density at radius 2 is 0.617 bits per heavy atom. The normalized spacial score (nSPS) is 11.9. The van der Waals surface area contributed by atoms with Gasteiger partial charge in [0.25, 0.3) is 0 Å². The fourth-order valence-corrected chi connectivity index (χ4v) is 6.20. The molecule has 8 aromatic rings. The van der Waals surface area contributed by atoms with Crippen LogP contribution in [0.2, 0.25) is 0 Å². The maximum atomic E-state index is 6.40. The van der Waals surface area contributed by atoms with Gasteiger partial charge in [-0.2, -0.15) is 0 Å². The number of fused-ring (bicyclic) bond motifs is 4. The standard InChI is InChI=1S/C46H34O/c1-31-3-7-33(8-4-31)11-13-35-15-17-37-27-43-29-45(21-19-39(43)25-41(37)23-35)47-46-22-20-40-26-42-24-36(16-18-38(42)28-44(40)30-46)14-12-34-9-5-32(2)6-10-34/h3-30H,1-2H3/b13-11+,14-12+. The molecule has 0 aliphatic heterocycles. The first-order valence-corrected chi connectivity index (χ1v) is 16.1. The number of rotatable bonds is 6. The number of benzene rings is 8. The topological polar surface area (TPSA) is 9.23 Å². The van der Waals surface area contributed by atoms with Crippen LogP contribution in [-0.4, -0.2) is 0 Å². The zero-order valence-corrected chi connectivity index (χ0v) is 26.6. The van der Waals surface area contributed by atoms with Crippen molar-refractivity contribution in [2.45, 2.75) is 13.8 Å². The molecule has 0 fully saturated rings. The summed E-state index contributed by atoms with van der Waals surface area (Å²) in [4.78, 5) is 0. The Balaban J connectivity index is 1.02. The second-order valence-corrected chi connectivity index (χ2v) is 12.5. The third-order valence-electron chi connectivity index (χ3n) is 8.91. The highest BCUT2D eigenvalue weighted by atomic mass is 16.5. The van der Waals surface area contributed by atoms with Crippen molar-refractivity contribution in [2.24, 2.45) is 0 Å². The predicted octanol–water partition coefficient (Wildman–Crippen LogP) is 13.0. The summed E-state index contributed by atoms with van der Waals surface area (Å²) in [6.07, 6.45) is 8.70. The monoisotopic (exact) mass is 602 g/mol. The summed E-state index contributed by atoms with van der Waals surface area (Å²) in [7, 11) is 0. The van der Waals surface area contributed by atoms with E-state index < -0.39 is 0 Å². The minimum atomic E-state index is 0.833. The van der Waals surface area contributed by atoms with E-state index in [-0.39, 0.29) is 0 Å². The average Bonchev–Trinajstić information content (AvgIpc) is 3.09. The molecule has 1 nitrogen and oxygen atoms in total. The van der Waals surface area contributed by atoms with E-state index in [0.29, 0.717) is 0 Å². The fraction of sp³-hybridized carbons (Fsp3) is 0.0435. The van der Waals surface area contributed by atoms with E-state index in [1.807, 2.05) is 0 Å². The Morgan fingerprint density at radius 3 is 1.02 bits per heavy atom. The van der Waals surface area contributed by atoms with Gasteiger partial charge in [-0.05, 0) is 140 Å². The summed E-state index contributed by atoms with van der Waals surface area (Å²) in [5, 5.41) is 9.61. The quantitative estimate of drug-likeness (QED) is 0.136. The highest BCUT2D eigenvalue weighted by molar-refractivity contribution is 6.01. The van der Waals surface area contributed by atoms with Crippen LogP contribution in [0, 0.1) is 13.8 Å². The molecule has 47 heavy (non-hydrogen) atoms. The van der Waals surface area contributed by atoms with Crippen LogP contribution in [0.5, 0.6) is 11.5 Å². The summed E-state index contributed by atoms with van der Waals surface area (Å²) >= 11 is 0. The van der Waals surface area contributed by atoms with Gasteiger partial charge in [0, 0.05) is 0 Å². The van der Waals surface area contributed by atoms with Crippen LogP contribution in [0.1, 0.15) is 33.4 Å². The van der Waals surface area contributed by atoms with Crippen molar-refractivity contribution >= 4 is 67.4 Å². The summed E-state index contributed by atoms with van der Waals surface area (Å²) in [6.45, 7) is 4.23. The molecule has 0 aromatic heterocycles. The number of hydrogen-bond donors (Lipinski definition) is 0. The Labute approximate surface area is 275 Å². The van der Waals surface area contributed by atoms with Gasteiger partial charge in [0.2, 0.25) is 0 Å². The zero-order valence-electron chi connectivity index (χ0n) is 26.6. The summed E-state index contributed by atoms with van der Waals surface area (Å²) in [6, 6.07) is 52.2. The van der Waals surface area contributed by atoms with Crippen LogP contribution in [0.25, 0.3) is 67.4 Å². The van der Waals surface area contributed by atoms with Gasteiger partial charge in [0.05, 0.1) is 0 Å². The molecule has 0 saturated heterocycles. The second kappa shape index (κ2) is 12.1. The van der Waals surface area contributed by atoms with E-state index in [0.717, 1.165) is 22.3 Å². The lowest BCUT2D eigenvalue weighted by Gasteiger charge is -2.10. The van der Waals surface area contributed by atoms with Crippen LogP contribution >= 0.6 is 0 Å². The molecular weight excluding hydrogens is 569 g/mol. The highest BCUT2D eigenvalue weighted by Crippen LogP contribution is 2.32. The van der Waals surface area contributed by atoms with Crippen molar-refractivity contribution in [1.29, 1.82) is 0 Å². The molecular formula is C46H34O. The van der Waals surface area contributed by atoms with Crippen LogP contribution in [0.15, 0.2) is 146 Å². The molecule has 0 spiro atoms. The van der Waals surface area contributed by atoms with Crippen LogP contribution in [-0.2, 0) is 0 Å². The minimum Gasteiger partial charge on any atom is -0.457 e. The largest absolute Gasteiger partial charge is 0.457 e. The number of hydrogen-bond acceptors (Lipinski definition) is 1. The Kier molecular flexibility index (Phi) is 7.36. The van der Waals surface area contributed by atoms with E-state index in [1.54, 1.807) is 0 Å². The zero-order chi connectivity index (χ0) is 31.7. The Morgan fingerprint density at radius 1 is 0.298 bits per heavy atom. The Bertz CT molecular complexity index is 2300. The molecule has 0 aliphatic rings. The van der Waals surface area contributed by atoms with Gasteiger partial charge in [-0.1, -0.05) is 120 Å². The van der Waals surface area contributed by atoms with E-state index in [1.165, 1.54) is 65.7 Å². The third-order valence-corrected chi connectivity index (χ3v) is 8.91. The van der Waals surface area contributed by atoms with Gasteiger partial charge in [0.15, 0.2) is 0 Å². The molecule has 224 valence electrons. The van der Waals surface area contributed by atoms with Crippen LogP contribution in [0.4, 0.5) is 0 Å². The molecule has 1 heteroatoms. The first-order valence-electron chi connectivity index (χ1n) is 16.1. The van der Waals surface area contributed by atoms with E-state index in [2.05, 4.69) is 184 Å². The lowest BCUT2D eigenvalue weighted by Crippen LogP contribution is -1.86. The van der Waals surface area contributed by atoms with E-state index in [4.69, 9.17) is 4.74 Å². The van der Waals surface area contributed by atoms with Crippen molar-refractivity contribution in [3.63, 3.8) is 0 Å². The molecule has 0 radical (unpaired) electrons. The van der Waals surface area contributed by atoms with E-state index in [9.17, 15) is 0 Å². The first-order chi connectivity index (χ1) is 23.0. The van der Waals surface area contributed by atoms with Crippen LogP contribution < -0.4 is 4.74 Å². The Hall–Kier alpha value is -5.92. The fourth-order valence-electron chi connectivity index (χ4n) is 6.20. The lowest BCUT2D eigenvalue weighted by atomic mass is 10.0. The minimum absolute atomic E-state index is 0.833. The molecule has 8 rings (SSSR count). The van der Waals surface area contributed by atoms with Crippen molar-refractivity contribution in [2.75, 3.05) is 0 Å². The second-order valence-electron chi connectivity index (χ2n) is 12.5. The molecule has 0 saturated carbocycles. The molecule has 0 unspecified atom stereocenters. The molecule has 0 aliphatic carbocycles. The first kappa shape index (κ1) is 28.5. The molecule has 0 bridgehead atoms. The van der Waals surface area contributed by atoms with Crippen molar-refractivity contribution in [3.8, 4) is 11.5 Å². The highest BCUT2D eigenvalue weighted by Gasteiger charge is 2.06. The van der Waals surface area contributed by atoms with Crippen LogP contribution in [0.3, 0.4) is 0 Å². The van der Waals surface area contributed by atoms with Crippen molar-refractivity contribution in [1.82, 2.24) is 0 Å². The average molecular weight is 603 g/mol. The van der Waals surface area contributed by atoms with Crippen molar-refractivity contribution < 1.29 is 4.74 Å². The van der Waals surface area contributed by atoms with E-state index >= 15 is 0 Å².